The molecule has 0 fully saturated rings. The maximum absolute atomic E-state index is 10.8. The van der Waals surface area contributed by atoms with Crippen LogP contribution in [0.25, 0.3) is 0 Å². The Morgan fingerprint density at radius 3 is 2.67 bits per heavy atom. The molecule has 0 unspecified atom stereocenters. The lowest BCUT2D eigenvalue weighted by Gasteiger charge is -1.98. The number of hydrogen-bond donors (Lipinski definition) is 0. The summed E-state index contributed by atoms with van der Waals surface area (Å²) in [5.74, 6) is -0.437. The summed E-state index contributed by atoms with van der Waals surface area (Å²) >= 11 is 0. The summed E-state index contributed by atoms with van der Waals surface area (Å²) in [4.78, 5) is 20.9. The molecule has 0 radical (unpaired) electrons. The van der Waals surface area contributed by atoms with Gasteiger partial charge in [0.1, 0.15) is 6.29 Å². The third kappa shape index (κ3) is 5.65. The summed E-state index contributed by atoms with van der Waals surface area (Å²) in [6.07, 6.45) is 3.67. The van der Waals surface area contributed by atoms with Crippen molar-refractivity contribution < 1.29 is 14.3 Å². The van der Waals surface area contributed by atoms with Crippen molar-refractivity contribution in [2.24, 2.45) is 0 Å². The van der Waals surface area contributed by atoms with Gasteiger partial charge in [0.2, 0.25) is 0 Å². The van der Waals surface area contributed by atoms with Crippen LogP contribution in [0.5, 0.6) is 0 Å². The average Bonchev–Trinajstić information content (AvgIpc) is 2.05. The highest BCUT2D eigenvalue weighted by atomic mass is 16.5. The highest BCUT2D eigenvalue weighted by molar-refractivity contribution is 5.89. The van der Waals surface area contributed by atoms with E-state index in [1.807, 2.05) is 6.92 Å². The topological polar surface area (TPSA) is 43.4 Å². The largest absolute Gasteiger partial charge is 0.463 e. The van der Waals surface area contributed by atoms with Crippen LogP contribution in [0.2, 0.25) is 0 Å². The Hall–Kier alpha value is -1.12. The Kier molecular flexibility index (Phi) is 5.97. The fourth-order valence-electron chi connectivity index (χ4n) is 0.579. The van der Waals surface area contributed by atoms with Crippen molar-refractivity contribution in [2.45, 2.75) is 26.7 Å². The van der Waals surface area contributed by atoms with Crippen molar-refractivity contribution >= 4 is 12.3 Å². The standard InChI is InChI=1S/C9H14O3/c1-3-4-5-12-9(11)6-8(2)7-10/h6-7H,3-5H2,1-2H3. The Morgan fingerprint density at radius 1 is 1.50 bits per heavy atom. The van der Waals surface area contributed by atoms with E-state index in [-0.39, 0.29) is 0 Å². The second kappa shape index (κ2) is 6.58. The van der Waals surface area contributed by atoms with Gasteiger partial charge in [0.25, 0.3) is 0 Å². The number of unbranched alkanes of at least 4 members (excludes halogenated alkanes) is 1. The molecular formula is C9H14O3. The average molecular weight is 170 g/mol. The van der Waals surface area contributed by atoms with Gasteiger partial charge in [0.15, 0.2) is 0 Å². The molecule has 0 saturated heterocycles. The van der Waals surface area contributed by atoms with Crippen molar-refractivity contribution in [3.63, 3.8) is 0 Å². The van der Waals surface area contributed by atoms with E-state index < -0.39 is 5.97 Å². The molecule has 3 nitrogen and oxygen atoms in total. The first-order valence-corrected chi connectivity index (χ1v) is 4.01. The molecule has 0 aromatic heterocycles. The van der Waals surface area contributed by atoms with Crippen LogP contribution in [-0.4, -0.2) is 18.9 Å². The summed E-state index contributed by atoms with van der Waals surface area (Å²) in [5.41, 5.74) is 0.386. The molecule has 0 spiro atoms. The van der Waals surface area contributed by atoms with Gasteiger partial charge in [-0.2, -0.15) is 0 Å². The molecule has 0 bridgehead atoms. The van der Waals surface area contributed by atoms with Crippen LogP contribution in [0.3, 0.4) is 0 Å². The Morgan fingerprint density at radius 2 is 2.17 bits per heavy atom. The zero-order valence-corrected chi connectivity index (χ0v) is 7.50. The number of aldehydes is 1. The Bertz CT molecular complexity index is 182. The quantitative estimate of drug-likeness (QED) is 0.271. The van der Waals surface area contributed by atoms with E-state index in [9.17, 15) is 9.59 Å². The van der Waals surface area contributed by atoms with Crippen LogP contribution in [0.15, 0.2) is 11.6 Å². The number of carbonyl (C=O) groups is 2. The molecule has 68 valence electrons. The third-order valence-electron chi connectivity index (χ3n) is 1.27. The van der Waals surface area contributed by atoms with Gasteiger partial charge in [0.05, 0.1) is 6.61 Å². The Labute approximate surface area is 72.4 Å². The molecule has 0 aliphatic rings. The van der Waals surface area contributed by atoms with E-state index >= 15 is 0 Å². The van der Waals surface area contributed by atoms with E-state index in [2.05, 4.69) is 0 Å². The second-order valence-corrected chi connectivity index (χ2v) is 2.53. The van der Waals surface area contributed by atoms with E-state index in [0.717, 1.165) is 12.8 Å². The van der Waals surface area contributed by atoms with Gasteiger partial charge in [-0.25, -0.2) is 4.79 Å². The molecule has 0 N–H and O–H groups in total. The van der Waals surface area contributed by atoms with Crippen LogP contribution in [0.4, 0.5) is 0 Å². The minimum Gasteiger partial charge on any atom is -0.463 e. The number of ether oxygens (including phenoxy) is 1. The highest BCUT2D eigenvalue weighted by Gasteiger charge is 1.97. The SMILES string of the molecule is CCCCOC(=O)C=C(C)C=O. The number of hydrogen-bond acceptors (Lipinski definition) is 3. The molecule has 0 aliphatic carbocycles. The summed E-state index contributed by atoms with van der Waals surface area (Å²) in [6, 6.07) is 0. The molecule has 0 amide bonds. The van der Waals surface area contributed by atoms with Crippen LogP contribution < -0.4 is 0 Å². The molecule has 0 atom stereocenters. The van der Waals surface area contributed by atoms with Crippen LogP contribution in [0, 0.1) is 0 Å². The summed E-state index contributed by atoms with van der Waals surface area (Å²) in [7, 11) is 0. The van der Waals surface area contributed by atoms with Crippen molar-refractivity contribution in [1.29, 1.82) is 0 Å². The maximum atomic E-state index is 10.8. The minimum atomic E-state index is -0.437. The molecule has 0 rings (SSSR count). The minimum absolute atomic E-state index is 0.386. The zero-order valence-electron chi connectivity index (χ0n) is 7.50. The van der Waals surface area contributed by atoms with Crippen LogP contribution >= 0.6 is 0 Å². The van der Waals surface area contributed by atoms with Crippen molar-refractivity contribution in [2.75, 3.05) is 6.61 Å². The van der Waals surface area contributed by atoms with E-state index in [0.29, 0.717) is 18.5 Å². The van der Waals surface area contributed by atoms with E-state index in [1.54, 1.807) is 6.92 Å². The zero-order chi connectivity index (χ0) is 9.40. The first-order valence-electron chi connectivity index (χ1n) is 4.01. The first-order chi connectivity index (χ1) is 5.70. The normalized spacial score (nSPS) is 11.0. The number of carbonyl (C=O) groups excluding carboxylic acids is 2. The van der Waals surface area contributed by atoms with Gasteiger partial charge < -0.3 is 4.74 Å². The molecule has 0 aromatic rings. The molecule has 12 heavy (non-hydrogen) atoms. The smallest absolute Gasteiger partial charge is 0.331 e. The lowest BCUT2D eigenvalue weighted by molar-refractivity contribution is -0.138. The Balaban J connectivity index is 3.66. The van der Waals surface area contributed by atoms with Gasteiger partial charge in [0, 0.05) is 6.08 Å². The molecule has 3 heteroatoms. The summed E-state index contributed by atoms with van der Waals surface area (Å²) < 4.78 is 4.78. The third-order valence-corrected chi connectivity index (χ3v) is 1.27. The first kappa shape index (κ1) is 10.9. The lowest BCUT2D eigenvalue weighted by atomic mass is 10.3. The van der Waals surface area contributed by atoms with Gasteiger partial charge >= 0.3 is 5.97 Å². The van der Waals surface area contributed by atoms with Crippen molar-refractivity contribution in [1.82, 2.24) is 0 Å². The van der Waals surface area contributed by atoms with Gasteiger partial charge in [-0.1, -0.05) is 13.3 Å². The molecule has 0 aromatic carbocycles. The van der Waals surface area contributed by atoms with Gasteiger partial charge in [-0.3, -0.25) is 4.79 Å². The summed E-state index contributed by atoms with van der Waals surface area (Å²) in [5, 5.41) is 0. The summed E-state index contributed by atoms with van der Waals surface area (Å²) in [6.45, 7) is 4.01. The predicted octanol–water partition coefficient (Wildman–Crippen LogP) is 1.47. The van der Waals surface area contributed by atoms with E-state index in [4.69, 9.17) is 4.74 Å². The number of allylic oxidation sites excluding steroid dienone is 1. The monoisotopic (exact) mass is 170 g/mol. The number of esters is 1. The van der Waals surface area contributed by atoms with E-state index in [1.165, 1.54) is 6.08 Å². The predicted molar refractivity (Wildman–Crippen MR) is 45.7 cm³/mol. The fourth-order valence-corrected chi connectivity index (χ4v) is 0.579. The molecular weight excluding hydrogens is 156 g/mol. The second-order valence-electron chi connectivity index (χ2n) is 2.53. The van der Waals surface area contributed by atoms with Crippen molar-refractivity contribution in [3.05, 3.63) is 11.6 Å². The number of rotatable bonds is 5. The van der Waals surface area contributed by atoms with Crippen LogP contribution in [0.1, 0.15) is 26.7 Å². The molecule has 0 saturated carbocycles. The lowest BCUT2D eigenvalue weighted by Crippen LogP contribution is -2.03. The van der Waals surface area contributed by atoms with Crippen molar-refractivity contribution in [3.8, 4) is 0 Å². The van der Waals surface area contributed by atoms with Gasteiger partial charge in [-0.15, -0.1) is 0 Å². The molecule has 0 aliphatic heterocycles. The molecule has 0 heterocycles. The van der Waals surface area contributed by atoms with Gasteiger partial charge in [-0.05, 0) is 18.9 Å². The maximum Gasteiger partial charge on any atom is 0.331 e. The highest BCUT2D eigenvalue weighted by Crippen LogP contribution is 1.92. The van der Waals surface area contributed by atoms with Crippen LogP contribution in [-0.2, 0) is 14.3 Å². The fraction of sp³-hybridized carbons (Fsp3) is 0.556.